The lowest BCUT2D eigenvalue weighted by Crippen LogP contribution is -2.28. The summed E-state index contributed by atoms with van der Waals surface area (Å²) in [4.78, 5) is 6.98. The third-order valence-corrected chi connectivity index (χ3v) is 5.43. The van der Waals surface area contributed by atoms with Crippen molar-refractivity contribution < 1.29 is 0 Å². The van der Waals surface area contributed by atoms with E-state index >= 15 is 0 Å². The van der Waals surface area contributed by atoms with Gasteiger partial charge in [0.05, 0.1) is 6.04 Å². The van der Waals surface area contributed by atoms with Crippen molar-refractivity contribution in [1.29, 1.82) is 0 Å². The van der Waals surface area contributed by atoms with Gasteiger partial charge in [-0.3, -0.25) is 10.8 Å². The summed E-state index contributed by atoms with van der Waals surface area (Å²) >= 11 is 3.89. The average Bonchev–Trinajstić information content (AvgIpc) is 2.84. The Morgan fingerprint density at radius 3 is 3.11 bits per heavy atom. The Hall–Kier alpha value is -0.880. The van der Waals surface area contributed by atoms with Crippen LogP contribution in [-0.2, 0) is 12.2 Å². The van der Waals surface area contributed by atoms with Gasteiger partial charge in [0, 0.05) is 27.9 Å². The molecule has 1 unspecified atom stereocenters. The normalized spacial score (nSPS) is 16.3. The summed E-state index contributed by atoms with van der Waals surface area (Å²) in [6.07, 6.45) is 4.85. The van der Waals surface area contributed by atoms with Crippen LogP contribution in [0.25, 0.3) is 0 Å². The second kappa shape index (κ2) is 5.40. The minimum atomic E-state index is 0.0549. The molecule has 0 amide bonds. The third kappa shape index (κ3) is 2.31. The monoisotopic (exact) mass is 277 g/mol. The maximum Gasteiger partial charge on any atom is 0.0817 e. The second-order valence-electron chi connectivity index (χ2n) is 4.29. The van der Waals surface area contributed by atoms with Gasteiger partial charge in [-0.1, -0.05) is 6.07 Å². The molecular weight excluding hydrogens is 262 g/mol. The standard InChI is InChI=1S/C13H15N3S2/c14-16-13(9-2-1-4-15-7-9)12-6-10-8-17-5-3-11(10)18-12/h1-2,4,6-7,13,16H,3,5,8,14H2. The van der Waals surface area contributed by atoms with Gasteiger partial charge in [-0.05, 0) is 35.4 Å². The van der Waals surface area contributed by atoms with Crippen LogP contribution < -0.4 is 11.3 Å². The molecule has 5 heteroatoms. The number of rotatable bonds is 3. The van der Waals surface area contributed by atoms with Crippen LogP contribution in [0.2, 0.25) is 0 Å². The number of aromatic nitrogens is 1. The maximum atomic E-state index is 5.72. The van der Waals surface area contributed by atoms with Gasteiger partial charge in [-0.2, -0.15) is 11.8 Å². The van der Waals surface area contributed by atoms with E-state index in [0.717, 1.165) is 11.3 Å². The fourth-order valence-corrected chi connectivity index (χ4v) is 4.67. The van der Waals surface area contributed by atoms with Gasteiger partial charge in [-0.15, -0.1) is 11.3 Å². The number of thioether (sulfide) groups is 1. The molecular formula is C13H15N3S2. The predicted molar refractivity (Wildman–Crippen MR) is 77.6 cm³/mol. The molecule has 3 rings (SSSR count). The summed E-state index contributed by atoms with van der Waals surface area (Å²) in [6, 6.07) is 6.36. The van der Waals surface area contributed by atoms with Crippen molar-refractivity contribution in [3.05, 3.63) is 51.5 Å². The van der Waals surface area contributed by atoms with E-state index in [1.807, 2.05) is 35.4 Å². The van der Waals surface area contributed by atoms with Gasteiger partial charge in [0.25, 0.3) is 0 Å². The molecule has 1 aliphatic rings. The molecule has 0 saturated heterocycles. The highest BCUT2D eigenvalue weighted by atomic mass is 32.2. The van der Waals surface area contributed by atoms with Crippen LogP contribution >= 0.6 is 23.1 Å². The van der Waals surface area contributed by atoms with Gasteiger partial charge in [0.15, 0.2) is 0 Å². The zero-order valence-corrected chi connectivity index (χ0v) is 11.6. The third-order valence-electron chi connectivity index (χ3n) is 3.12. The van der Waals surface area contributed by atoms with E-state index in [9.17, 15) is 0 Å². The Kier molecular flexibility index (Phi) is 3.65. The Morgan fingerprint density at radius 2 is 2.39 bits per heavy atom. The molecule has 0 fully saturated rings. The van der Waals surface area contributed by atoms with Crippen molar-refractivity contribution in [2.45, 2.75) is 18.2 Å². The number of aryl methyl sites for hydroxylation is 1. The molecule has 3 N–H and O–H groups in total. The lowest BCUT2D eigenvalue weighted by Gasteiger charge is -2.13. The van der Waals surface area contributed by atoms with Crippen LogP contribution in [0.5, 0.6) is 0 Å². The Bertz CT molecular complexity index is 501. The van der Waals surface area contributed by atoms with Crippen LogP contribution in [0.3, 0.4) is 0 Å². The Labute approximate surface area is 115 Å². The van der Waals surface area contributed by atoms with Crippen LogP contribution in [0.4, 0.5) is 0 Å². The molecule has 0 spiro atoms. The number of hydrogen-bond acceptors (Lipinski definition) is 5. The van der Waals surface area contributed by atoms with Crippen molar-refractivity contribution in [1.82, 2.24) is 10.4 Å². The first kappa shape index (κ1) is 12.2. The zero-order valence-electron chi connectivity index (χ0n) is 9.93. The first-order chi connectivity index (χ1) is 8.88. The van der Waals surface area contributed by atoms with E-state index in [2.05, 4.69) is 22.5 Å². The summed E-state index contributed by atoms with van der Waals surface area (Å²) < 4.78 is 0. The first-order valence-electron chi connectivity index (χ1n) is 5.94. The molecule has 0 aromatic carbocycles. The minimum absolute atomic E-state index is 0.0549. The molecule has 1 aliphatic heterocycles. The number of pyridine rings is 1. The smallest absolute Gasteiger partial charge is 0.0817 e. The van der Waals surface area contributed by atoms with E-state index in [0.29, 0.717) is 0 Å². The highest BCUT2D eigenvalue weighted by Gasteiger charge is 2.19. The fourth-order valence-electron chi connectivity index (χ4n) is 2.20. The highest BCUT2D eigenvalue weighted by molar-refractivity contribution is 7.98. The van der Waals surface area contributed by atoms with Gasteiger partial charge in [0.2, 0.25) is 0 Å². The van der Waals surface area contributed by atoms with E-state index in [1.54, 1.807) is 6.20 Å². The predicted octanol–water partition coefficient (Wildman–Crippen LogP) is 2.49. The number of nitrogens with one attached hydrogen (secondary N) is 1. The largest absolute Gasteiger partial charge is 0.271 e. The highest BCUT2D eigenvalue weighted by Crippen LogP contribution is 2.36. The number of thiophene rings is 1. The molecule has 3 heterocycles. The number of nitrogens with two attached hydrogens (primary N) is 1. The molecule has 0 radical (unpaired) electrons. The van der Waals surface area contributed by atoms with Crippen LogP contribution in [0.1, 0.15) is 26.9 Å². The van der Waals surface area contributed by atoms with Crippen LogP contribution in [0, 0.1) is 0 Å². The lowest BCUT2D eigenvalue weighted by atomic mass is 10.1. The Balaban J connectivity index is 1.94. The average molecular weight is 277 g/mol. The van der Waals surface area contributed by atoms with Gasteiger partial charge in [-0.25, -0.2) is 5.43 Å². The maximum absolute atomic E-state index is 5.72. The minimum Gasteiger partial charge on any atom is -0.271 e. The molecule has 2 aromatic heterocycles. The molecule has 94 valence electrons. The summed E-state index contributed by atoms with van der Waals surface area (Å²) in [5.41, 5.74) is 5.51. The first-order valence-corrected chi connectivity index (χ1v) is 7.91. The van der Waals surface area contributed by atoms with Gasteiger partial charge < -0.3 is 0 Å². The molecule has 18 heavy (non-hydrogen) atoms. The molecule has 0 aliphatic carbocycles. The van der Waals surface area contributed by atoms with Crippen molar-refractivity contribution in [3.63, 3.8) is 0 Å². The van der Waals surface area contributed by atoms with Crippen LogP contribution in [-0.4, -0.2) is 10.7 Å². The topological polar surface area (TPSA) is 50.9 Å². The second-order valence-corrected chi connectivity index (χ2v) is 6.56. The van der Waals surface area contributed by atoms with E-state index in [1.165, 1.54) is 27.5 Å². The number of fused-ring (bicyclic) bond motifs is 1. The number of hydrazine groups is 1. The molecule has 3 nitrogen and oxygen atoms in total. The van der Waals surface area contributed by atoms with Gasteiger partial charge >= 0.3 is 0 Å². The quantitative estimate of drug-likeness (QED) is 0.668. The van der Waals surface area contributed by atoms with Crippen molar-refractivity contribution >= 4 is 23.1 Å². The summed E-state index contributed by atoms with van der Waals surface area (Å²) in [6.45, 7) is 0. The molecule has 1 atom stereocenters. The van der Waals surface area contributed by atoms with E-state index in [-0.39, 0.29) is 6.04 Å². The van der Waals surface area contributed by atoms with Crippen LogP contribution in [0.15, 0.2) is 30.6 Å². The van der Waals surface area contributed by atoms with E-state index in [4.69, 9.17) is 5.84 Å². The molecule has 2 aromatic rings. The van der Waals surface area contributed by atoms with Crippen molar-refractivity contribution in [2.24, 2.45) is 5.84 Å². The lowest BCUT2D eigenvalue weighted by molar-refractivity contribution is 0.644. The van der Waals surface area contributed by atoms with Gasteiger partial charge in [0.1, 0.15) is 0 Å². The SMILES string of the molecule is NNC(c1cccnc1)c1cc2c(s1)CCSC2. The number of hydrogen-bond donors (Lipinski definition) is 2. The molecule has 0 bridgehead atoms. The van der Waals surface area contributed by atoms with Crippen molar-refractivity contribution in [2.75, 3.05) is 5.75 Å². The summed E-state index contributed by atoms with van der Waals surface area (Å²) in [5, 5.41) is 0. The Morgan fingerprint density at radius 1 is 1.44 bits per heavy atom. The fraction of sp³-hybridized carbons (Fsp3) is 0.308. The number of nitrogens with zero attached hydrogens (tertiary/aromatic N) is 1. The summed E-state index contributed by atoms with van der Waals surface area (Å²) in [7, 11) is 0. The summed E-state index contributed by atoms with van der Waals surface area (Å²) in [5.74, 6) is 8.09. The molecule has 0 saturated carbocycles. The zero-order chi connectivity index (χ0) is 12.4. The van der Waals surface area contributed by atoms with Crippen molar-refractivity contribution in [3.8, 4) is 0 Å². The van der Waals surface area contributed by atoms with E-state index < -0.39 is 0 Å².